The Labute approximate surface area is 177 Å². The van der Waals surface area contributed by atoms with E-state index in [1.807, 2.05) is 13.0 Å². The Morgan fingerprint density at radius 1 is 1.27 bits per heavy atom. The first-order chi connectivity index (χ1) is 14.3. The molecule has 2 aromatic carbocycles. The molecule has 0 aliphatic heterocycles. The van der Waals surface area contributed by atoms with Crippen LogP contribution in [0.15, 0.2) is 47.5 Å². The number of aryl methyl sites for hydroxylation is 1. The van der Waals surface area contributed by atoms with Crippen LogP contribution in [0, 0.1) is 6.92 Å². The van der Waals surface area contributed by atoms with Crippen molar-refractivity contribution in [1.82, 2.24) is 9.55 Å². The first-order valence-corrected chi connectivity index (χ1v) is 9.46. The van der Waals surface area contributed by atoms with Crippen LogP contribution in [0.2, 0.25) is 5.02 Å². The fraction of sp³-hybridized carbons (Fsp3) is 0.238. The van der Waals surface area contributed by atoms with Crippen LogP contribution in [0.25, 0.3) is 10.9 Å². The lowest BCUT2D eigenvalue weighted by Gasteiger charge is -2.16. The third kappa shape index (κ3) is 4.60. The minimum atomic E-state index is -1.10. The van der Waals surface area contributed by atoms with Gasteiger partial charge in [-0.2, -0.15) is 0 Å². The largest absolute Gasteiger partial charge is 0.495 e. The molecule has 3 aromatic rings. The van der Waals surface area contributed by atoms with Gasteiger partial charge in [0.2, 0.25) is 0 Å². The highest BCUT2D eigenvalue weighted by molar-refractivity contribution is 6.31. The van der Waals surface area contributed by atoms with Crippen molar-refractivity contribution < 1.29 is 19.1 Å². The van der Waals surface area contributed by atoms with Crippen LogP contribution in [-0.2, 0) is 20.9 Å². The summed E-state index contributed by atoms with van der Waals surface area (Å²) >= 11 is 5.95. The Morgan fingerprint density at radius 3 is 2.77 bits per heavy atom. The summed E-state index contributed by atoms with van der Waals surface area (Å²) in [6.45, 7) is 2.91. The number of esters is 1. The van der Waals surface area contributed by atoms with Gasteiger partial charge >= 0.3 is 5.97 Å². The first-order valence-electron chi connectivity index (χ1n) is 9.09. The molecule has 0 spiro atoms. The van der Waals surface area contributed by atoms with Crippen molar-refractivity contribution in [2.75, 3.05) is 12.4 Å². The standard InChI is InChI=1S/C21H20ClN3O5/c1-12-5-4-6-15-19(12)23-11-25(21(15)28)10-18(26)30-13(2)20(27)24-16-9-14(22)7-8-17(16)29-3/h4-9,11,13H,10H2,1-3H3,(H,24,27). The smallest absolute Gasteiger partial charge is 0.326 e. The lowest BCUT2D eigenvalue weighted by molar-refractivity contribution is -0.153. The van der Waals surface area contributed by atoms with Gasteiger partial charge in [-0.05, 0) is 43.7 Å². The number of ether oxygens (including phenoxy) is 2. The number of hydrogen-bond donors (Lipinski definition) is 1. The van der Waals surface area contributed by atoms with Crippen LogP contribution in [0.4, 0.5) is 5.69 Å². The lowest BCUT2D eigenvalue weighted by Crippen LogP contribution is -2.33. The number of carbonyl (C=O) groups is 2. The molecular weight excluding hydrogens is 410 g/mol. The molecule has 1 unspecified atom stereocenters. The fourth-order valence-corrected chi connectivity index (χ4v) is 3.06. The van der Waals surface area contributed by atoms with E-state index in [1.54, 1.807) is 24.3 Å². The van der Waals surface area contributed by atoms with E-state index in [0.29, 0.717) is 27.4 Å². The number of carbonyl (C=O) groups excluding carboxylic acids is 2. The second kappa shape index (κ2) is 8.96. The average Bonchev–Trinajstić information content (AvgIpc) is 2.70. The third-order valence-electron chi connectivity index (χ3n) is 4.45. The molecular formula is C21H20ClN3O5. The summed E-state index contributed by atoms with van der Waals surface area (Å²) in [5.74, 6) is -0.898. The number of fused-ring (bicyclic) bond motifs is 1. The third-order valence-corrected chi connectivity index (χ3v) is 4.69. The highest BCUT2D eigenvalue weighted by Gasteiger charge is 2.20. The number of nitrogens with zero attached hydrogens (tertiary/aromatic N) is 2. The summed E-state index contributed by atoms with van der Waals surface area (Å²) in [4.78, 5) is 41.5. The predicted molar refractivity (Wildman–Crippen MR) is 113 cm³/mol. The van der Waals surface area contributed by atoms with Crippen LogP contribution in [0.1, 0.15) is 12.5 Å². The minimum absolute atomic E-state index is 0.350. The van der Waals surface area contributed by atoms with Gasteiger partial charge in [-0.3, -0.25) is 19.0 Å². The van der Waals surface area contributed by atoms with Gasteiger partial charge in [0.25, 0.3) is 11.5 Å². The fourth-order valence-electron chi connectivity index (χ4n) is 2.89. The van der Waals surface area contributed by atoms with Crippen LogP contribution in [0.3, 0.4) is 0 Å². The molecule has 1 heterocycles. The zero-order valence-corrected chi connectivity index (χ0v) is 17.4. The number of methoxy groups -OCH3 is 1. The van der Waals surface area contributed by atoms with E-state index in [4.69, 9.17) is 21.1 Å². The van der Waals surface area contributed by atoms with Gasteiger partial charge in [0.15, 0.2) is 6.10 Å². The van der Waals surface area contributed by atoms with Gasteiger partial charge < -0.3 is 14.8 Å². The molecule has 0 saturated heterocycles. The second-order valence-electron chi connectivity index (χ2n) is 6.61. The number of nitrogens with one attached hydrogen (secondary N) is 1. The van der Waals surface area contributed by atoms with Crippen molar-refractivity contribution in [3.63, 3.8) is 0 Å². The predicted octanol–water partition coefficient (Wildman–Crippen LogP) is 2.94. The van der Waals surface area contributed by atoms with E-state index in [9.17, 15) is 14.4 Å². The SMILES string of the molecule is COc1ccc(Cl)cc1NC(=O)C(C)OC(=O)Cn1cnc2c(C)cccc2c1=O. The van der Waals surface area contributed by atoms with E-state index in [2.05, 4.69) is 10.3 Å². The Kier molecular flexibility index (Phi) is 6.37. The highest BCUT2D eigenvalue weighted by Crippen LogP contribution is 2.27. The van der Waals surface area contributed by atoms with Gasteiger partial charge in [-0.15, -0.1) is 0 Å². The Hall–Kier alpha value is -3.39. The molecule has 8 nitrogen and oxygen atoms in total. The van der Waals surface area contributed by atoms with Gasteiger partial charge in [0.05, 0.1) is 30.0 Å². The summed E-state index contributed by atoms with van der Waals surface area (Å²) < 4.78 is 11.5. The molecule has 0 radical (unpaired) electrons. The van der Waals surface area contributed by atoms with E-state index >= 15 is 0 Å². The topological polar surface area (TPSA) is 99.5 Å². The van der Waals surface area contributed by atoms with Crippen LogP contribution < -0.4 is 15.6 Å². The molecule has 0 fully saturated rings. The number of benzene rings is 2. The summed E-state index contributed by atoms with van der Waals surface area (Å²) in [7, 11) is 1.46. The Balaban J connectivity index is 1.68. The molecule has 1 N–H and O–H groups in total. The zero-order chi connectivity index (χ0) is 21.8. The number of para-hydroxylation sites is 1. The number of amides is 1. The van der Waals surface area contributed by atoms with Gasteiger partial charge in [-0.1, -0.05) is 23.7 Å². The van der Waals surface area contributed by atoms with Crippen molar-refractivity contribution in [2.45, 2.75) is 26.5 Å². The Morgan fingerprint density at radius 2 is 2.03 bits per heavy atom. The monoisotopic (exact) mass is 429 g/mol. The van der Waals surface area contributed by atoms with E-state index in [0.717, 1.165) is 10.1 Å². The van der Waals surface area contributed by atoms with E-state index < -0.39 is 18.0 Å². The molecule has 9 heteroatoms. The summed E-state index contributed by atoms with van der Waals surface area (Å²) in [6, 6.07) is 10.00. The maximum atomic E-state index is 12.6. The maximum absolute atomic E-state index is 12.6. The lowest BCUT2D eigenvalue weighted by atomic mass is 10.1. The van der Waals surface area contributed by atoms with Gasteiger partial charge in [0.1, 0.15) is 12.3 Å². The van der Waals surface area contributed by atoms with Crippen LogP contribution in [-0.4, -0.2) is 34.6 Å². The quantitative estimate of drug-likeness (QED) is 0.605. The van der Waals surface area contributed by atoms with Crippen molar-refractivity contribution >= 4 is 40.1 Å². The Bertz CT molecular complexity index is 1180. The molecule has 1 atom stereocenters. The normalized spacial score (nSPS) is 11.7. The van der Waals surface area contributed by atoms with Crippen molar-refractivity contribution in [3.05, 3.63) is 63.7 Å². The van der Waals surface area contributed by atoms with Crippen LogP contribution in [0.5, 0.6) is 5.75 Å². The average molecular weight is 430 g/mol. The highest BCUT2D eigenvalue weighted by atomic mass is 35.5. The molecule has 0 bridgehead atoms. The number of rotatable bonds is 6. The summed E-state index contributed by atoms with van der Waals surface area (Å²) in [5.41, 5.74) is 1.43. The van der Waals surface area contributed by atoms with Gasteiger partial charge in [-0.25, -0.2) is 4.98 Å². The van der Waals surface area contributed by atoms with Crippen LogP contribution >= 0.6 is 11.6 Å². The first kappa shape index (κ1) is 21.3. The molecule has 3 rings (SSSR count). The molecule has 1 aromatic heterocycles. The number of halogens is 1. The van der Waals surface area contributed by atoms with E-state index in [-0.39, 0.29) is 12.1 Å². The minimum Gasteiger partial charge on any atom is -0.495 e. The zero-order valence-electron chi connectivity index (χ0n) is 16.6. The van der Waals surface area contributed by atoms with Crippen molar-refractivity contribution in [2.24, 2.45) is 0 Å². The van der Waals surface area contributed by atoms with Crippen molar-refractivity contribution in [1.29, 1.82) is 0 Å². The molecule has 30 heavy (non-hydrogen) atoms. The van der Waals surface area contributed by atoms with E-state index in [1.165, 1.54) is 26.4 Å². The van der Waals surface area contributed by atoms with Crippen molar-refractivity contribution in [3.8, 4) is 5.75 Å². The maximum Gasteiger partial charge on any atom is 0.326 e. The summed E-state index contributed by atoms with van der Waals surface area (Å²) in [6.07, 6.45) is 0.188. The summed E-state index contributed by atoms with van der Waals surface area (Å²) in [5, 5.41) is 3.42. The molecule has 0 aliphatic rings. The number of anilines is 1. The molecule has 0 aliphatic carbocycles. The molecule has 156 valence electrons. The molecule has 1 amide bonds. The molecule has 0 saturated carbocycles. The second-order valence-corrected chi connectivity index (χ2v) is 7.05. The van der Waals surface area contributed by atoms with Gasteiger partial charge in [0, 0.05) is 5.02 Å². The number of aromatic nitrogens is 2. The number of hydrogen-bond acceptors (Lipinski definition) is 6.